The molecule has 21 heavy (non-hydrogen) atoms. The van der Waals surface area contributed by atoms with Gasteiger partial charge in [-0.1, -0.05) is 6.07 Å². The second-order valence-electron chi connectivity index (χ2n) is 5.91. The zero-order valence-corrected chi connectivity index (χ0v) is 12.5. The largest absolute Gasteiger partial charge is 0.508 e. The molecule has 1 N–H and O–H groups in total. The standard InChI is InChI=1S/C15H19NO5/c1-15(2,3)21-14(19)16-11-8-10(17)6-5-9(11)7-12(16)13(18)20-4/h5-6,8,12,17H,7H2,1-4H3/t12-/m1/s1. The van der Waals surface area contributed by atoms with Crippen LogP contribution in [0.1, 0.15) is 26.3 Å². The highest BCUT2D eigenvalue weighted by Crippen LogP contribution is 2.36. The molecule has 1 aliphatic rings. The lowest BCUT2D eigenvalue weighted by Crippen LogP contribution is -2.45. The van der Waals surface area contributed by atoms with E-state index in [0.717, 1.165) is 5.56 Å². The summed E-state index contributed by atoms with van der Waals surface area (Å²) in [6.45, 7) is 5.24. The van der Waals surface area contributed by atoms with Gasteiger partial charge in [0.2, 0.25) is 0 Å². The van der Waals surface area contributed by atoms with Gasteiger partial charge in [-0.25, -0.2) is 9.59 Å². The Balaban J connectivity index is 2.39. The number of benzene rings is 1. The van der Waals surface area contributed by atoms with Crippen molar-refractivity contribution in [3.8, 4) is 5.75 Å². The van der Waals surface area contributed by atoms with Gasteiger partial charge in [-0.05, 0) is 32.4 Å². The van der Waals surface area contributed by atoms with E-state index in [9.17, 15) is 14.7 Å². The van der Waals surface area contributed by atoms with Crippen molar-refractivity contribution in [3.63, 3.8) is 0 Å². The first-order chi connectivity index (χ1) is 9.73. The van der Waals surface area contributed by atoms with Gasteiger partial charge in [0.25, 0.3) is 0 Å². The number of ether oxygens (including phenoxy) is 2. The average molecular weight is 293 g/mol. The monoisotopic (exact) mass is 293 g/mol. The predicted molar refractivity (Wildman–Crippen MR) is 76.3 cm³/mol. The van der Waals surface area contributed by atoms with Crippen LogP contribution in [0, 0.1) is 0 Å². The molecule has 0 unspecified atom stereocenters. The predicted octanol–water partition coefficient (Wildman–Crippen LogP) is 2.23. The van der Waals surface area contributed by atoms with E-state index in [2.05, 4.69) is 0 Å². The van der Waals surface area contributed by atoms with Crippen molar-refractivity contribution >= 4 is 17.7 Å². The average Bonchev–Trinajstić information content (AvgIpc) is 2.74. The molecule has 1 atom stereocenters. The van der Waals surface area contributed by atoms with Gasteiger partial charge in [0.15, 0.2) is 0 Å². The summed E-state index contributed by atoms with van der Waals surface area (Å²) in [5, 5.41) is 9.62. The molecule has 0 spiro atoms. The number of rotatable bonds is 1. The minimum atomic E-state index is -0.776. The molecule has 1 aromatic rings. The summed E-state index contributed by atoms with van der Waals surface area (Å²) >= 11 is 0. The molecular weight excluding hydrogens is 274 g/mol. The maximum atomic E-state index is 12.4. The number of hydrogen-bond acceptors (Lipinski definition) is 5. The van der Waals surface area contributed by atoms with E-state index in [-0.39, 0.29) is 5.75 Å². The number of carbonyl (C=O) groups is 2. The van der Waals surface area contributed by atoms with Gasteiger partial charge in [0.1, 0.15) is 17.4 Å². The van der Waals surface area contributed by atoms with Gasteiger partial charge in [0, 0.05) is 12.5 Å². The van der Waals surface area contributed by atoms with E-state index < -0.39 is 23.7 Å². The van der Waals surface area contributed by atoms with Crippen LogP contribution in [0.5, 0.6) is 5.75 Å². The molecule has 1 aliphatic heterocycles. The van der Waals surface area contributed by atoms with E-state index in [0.29, 0.717) is 12.1 Å². The quantitative estimate of drug-likeness (QED) is 0.804. The third-order valence-corrected chi connectivity index (χ3v) is 3.12. The number of methoxy groups -OCH3 is 1. The first-order valence-electron chi connectivity index (χ1n) is 6.65. The number of carbonyl (C=O) groups excluding carboxylic acids is 2. The van der Waals surface area contributed by atoms with Crippen LogP contribution >= 0.6 is 0 Å². The topological polar surface area (TPSA) is 76.1 Å². The van der Waals surface area contributed by atoms with Crippen LogP contribution < -0.4 is 4.90 Å². The van der Waals surface area contributed by atoms with Crippen LogP contribution in [0.4, 0.5) is 10.5 Å². The van der Waals surface area contributed by atoms with Crippen LogP contribution in [0.25, 0.3) is 0 Å². The molecular formula is C15H19NO5. The molecule has 0 saturated carbocycles. The molecule has 114 valence electrons. The van der Waals surface area contributed by atoms with Crippen LogP contribution in [0.15, 0.2) is 18.2 Å². The van der Waals surface area contributed by atoms with Gasteiger partial charge < -0.3 is 14.6 Å². The highest BCUT2D eigenvalue weighted by Gasteiger charge is 2.41. The van der Waals surface area contributed by atoms with Crippen molar-refractivity contribution in [1.82, 2.24) is 0 Å². The number of phenolic OH excluding ortho intramolecular Hbond substituents is 1. The number of esters is 1. The molecule has 6 heteroatoms. The van der Waals surface area contributed by atoms with E-state index in [1.54, 1.807) is 26.8 Å². The number of aromatic hydroxyl groups is 1. The lowest BCUT2D eigenvalue weighted by molar-refractivity contribution is -0.142. The van der Waals surface area contributed by atoms with Gasteiger partial charge in [-0.15, -0.1) is 0 Å². The molecule has 0 aromatic heterocycles. The lowest BCUT2D eigenvalue weighted by Gasteiger charge is -2.27. The molecule has 0 fully saturated rings. The Labute approximate surface area is 123 Å². The van der Waals surface area contributed by atoms with Crippen molar-refractivity contribution < 1.29 is 24.2 Å². The highest BCUT2D eigenvalue weighted by atomic mass is 16.6. The molecule has 1 heterocycles. The molecule has 2 rings (SSSR count). The van der Waals surface area contributed by atoms with E-state index in [1.807, 2.05) is 0 Å². The summed E-state index contributed by atoms with van der Waals surface area (Å²) in [5.41, 5.74) is 0.575. The minimum Gasteiger partial charge on any atom is -0.508 e. The first-order valence-corrected chi connectivity index (χ1v) is 6.65. The highest BCUT2D eigenvalue weighted by molar-refractivity contribution is 5.99. The van der Waals surface area contributed by atoms with Crippen LogP contribution in [0.3, 0.4) is 0 Å². The number of phenols is 1. The molecule has 0 aliphatic carbocycles. The first kappa shape index (κ1) is 15.2. The van der Waals surface area contributed by atoms with Crippen molar-refractivity contribution in [2.75, 3.05) is 12.0 Å². The van der Waals surface area contributed by atoms with Crippen molar-refractivity contribution in [3.05, 3.63) is 23.8 Å². The number of hydrogen-bond donors (Lipinski definition) is 1. The van der Waals surface area contributed by atoms with Crippen LogP contribution in [-0.4, -0.2) is 35.9 Å². The van der Waals surface area contributed by atoms with Gasteiger partial charge in [0.05, 0.1) is 12.8 Å². The molecule has 0 radical (unpaired) electrons. The maximum absolute atomic E-state index is 12.4. The van der Waals surface area contributed by atoms with Crippen LogP contribution in [0.2, 0.25) is 0 Å². The molecule has 1 amide bonds. The molecule has 0 saturated heterocycles. The van der Waals surface area contributed by atoms with Gasteiger partial charge >= 0.3 is 12.1 Å². The van der Waals surface area contributed by atoms with Crippen molar-refractivity contribution in [2.24, 2.45) is 0 Å². The SMILES string of the molecule is COC(=O)[C@H]1Cc2ccc(O)cc2N1C(=O)OC(C)(C)C. The van der Waals surface area contributed by atoms with E-state index in [1.165, 1.54) is 24.1 Å². The maximum Gasteiger partial charge on any atom is 0.415 e. The summed E-state index contributed by atoms with van der Waals surface area (Å²) in [6, 6.07) is 3.88. The summed E-state index contributed by atoms with van der Waals surface area (Å²) in [5.74, 6) is -0.496. The Bertz CT molecular complexity index is 576. The Kier molecular flexibility index (Phi) is 3.80. The summed E-state index contributed by atoms with van der Waals surface area (Å²) in [6.07, 6.45) is -0.302. The second kappa shape index (κ2) is 5.27. The Morgan fingerprint density at radius 3 is 2.57 bits per heavy atom. The zero-order valence-electron chi connectivity index (χ0n) is 12.5. The van der Waals surface area contributed by atoms with Gasteiger partial charge in [-0.2, -0.15) is 0 Å². The molecule has 1 aromatic carbocycles. The fourth-order valence-corrected chi connectivity index (χ4v) is 2.28. The van der Waals surface area contributed by atoms with Gasteiger partial charge in [-0.3, -0.25) is 4.90 Å². The Morgan fingerprint density at radius 2 is 2.00 bits per heavy atom. The van der Waals surface area contributed by atoms with Crippen molar-refractivity contribution in [2.45, 2.75) is 38.8 Å². The normalized spacial score (nSPS) is 17.3. The zero-order chi connectivity index (χ0) is 15.8. The van der Waals surface area contributed by atoms with E-state index in [4.69, 9.17) is 9.47 Å². The van der Waals surface area contributed by atoms with Crippen molar-refractivity contribution in [1.29, 1.82) is 0 Å². The number of anilines is 1. The number of nitrogens with zero attached hydrogens (tertiary/aromatic N) is 1. The summed E-state index contributed by atoms with van der Waals surface area (Å²) in [7, 11) is 1.27. The second-order valence-corrected chi connectivity index (χ2v) is 5.91. The Hall–Kier alpha value is -2.24. The smallest absolute Gasteiger partial charge is 0.415 e. The summed E-state index contributed by atoms with van der Waals surface area (Å²) in [4.78, 5) is 25.5. The minimum absolute atomic E-state index is 0.0211. The molecule has 6 nitrogen and oxygen atoms in total. The van der Waals surface area contributed by atoms with Crippen LogP contribution in [-0.2, 0) is 20.7 Å². The Morgan fingerprint density at radius 1 is 1.33 bits per heavy atom. The van der Waals surface area contributed by atoms with E-state index >= 15 is 0 Å². The number of fused-ring (bicyclic) bond motifs is 1. The fraction of sp³-hybridized carbons (Fsp3) is 0.467. The molecule has 0 bridgehead atoms. The summed E-state index contributed by atoms with van der Waals surface area (Å²) < 4.78 is 10.1. The third kappa shape index (κ3) is 3.09. The fourth-order valence-electron chi connectivity index (χ4n) is 2.28. The number of amides is 1. The third-order valence-electron chi connectivity index (χ3n) is 3.12. The lowest BCUT2D eigenvalue weighted by atomic mass is 10.1.